The van der Waals surface area contributed by atoms with Crippen LogP contribution in [0.1, 0.15) is 38.8 Å². The lowest BCUT2D eigenvalue weighted by atomic mass is 9.87. The van der Waals surface area contributed by atoms with Gasteiger partial charge in [0.2, 0.25) is 0 Å². The zero-order valence-corrected chi connectivity index (χ0v) is 16.1. The van der Waals surface area contributed by atoms with Gasteiger partial charge in [0, 0.05) is 12.7 Å². The SMILES string of the molecule is CCn1cc(C#N)c(=O)n(C[C@@H](O)COc2ccc(C(C)(C)C)cc2)c1=O. The summed E-state index contributed by atoms with van der Waals surface area (Å²) in [6.07, 6.45) is 0.165. The molecule has 0 aliphatic heterocycles. The molecule has 144 valence electrons. The van der Waals surface area contributed by atoms with Crippen LogP contribution in [0.5, 0.6) is 5.75 Å². The molecule has 1 atom stereocenters. The highest BCUT2D eigenvalue weighted by Gasteiger charge is 2.16. The summed E-state index contributed by atoms with van der Waals surface area (Å²) in [4.78, 5) is 24.5. The zero-order chi connectivity index (χ0) is 20.2. The minimum Gasteiger partial charge on any atom is -0.491 e. The van der Waals surface area contributed by atoms with Gasteiger partial charge in [0.15, 0.2) is 0 Å². The second-order valence-corrected chi connectivity index (χ2v) is 7.38. The van der Waals surface area contributed by atoms with Crippen molar-refractivity contribution < 1.29 is 9.84 Å². The van der Waals surface area contributed by atoms with E-state index in [4.69, 9.17) is 10.00 Å². The Kier molecular flexibility index (Phi) is 6.24. The van der Waals surface area contributed by atoms with Gasteiger partial charge in [0.1, 0.15) is 30.1 Å². The Morgan fingerprint density at radius 1 is 1.22 bits per heavy atom. The maximum atomic E-state index is 12.3. The predicted octanol–water partition coefficient (Wildman–Crippen LogP) is 1.64. The van der Waals surface area contributed by atoms with E-state index in [9.17, 15) is 14.7 Å². The number of hydrogen-bond acceptors (Lipinski definition) is 5. The summed E-state index contributed by atoms with van der Waals surface area (Å²) in [5.41, 5.74) is -0.210. The lowest BCUT2D eigenvalue weighted by Crippen LogP contribution is -2.44. The van der Waals surface area contributed by atoms with E-state index in [1.807, 2.05) is 24.3 Å². The Bertz CT molecular complexity index is 944. The quantitative estimate of drug-likeness (QED) is 0.832. The molecule has 1 N–H and O–H groups in total. The standard InChI is InChI=1S/C20H25N3O4/c1-5-22-11-14(10-21)18(25)23(19(22)26)12-16(24)13-27-17-8-6-15(7-9-17)20(2,3)4/h6-9,11,16,24H,5,12-13H2,1-4H3/t16-/m1/s1. The van der Waals surface area contributed by atoms with Crippen molar-refractivity contribution in [3.05, 3.63) is 62.4 Å². The van der Waals surface area contributed by atoms with E-state index < -0.39 is 17.4 Å². The first-order valence-corrected chi connectivity index (χ1v) is 8.83. The van der Waals surface area contributed by atoms with E-state index >= 15 is 0 Å². The number of aryl methyl sites for hydroxylation is 1. The molecular formula is C20H25N3O4. The molecule has 1 aromatic heterocycles. The third-order valence-electron chi connectivity index (χ3n) is 4.25. The topological polar surface area (TPSA) is 97.2 Å². The number of ether oxygens (including phenoxy) is 1. The Hall–Kier alpha value is -2.85. The molecule has 0 unspecified atom stereocenters. The maximum absolute atomic E-state index is 12.3. The van der Waals surface area contributed by atoms with Crippen molar-refractivity contribution in [3.63, 3.8) is 0 Å². The number of aliphatic hydroxyl groups excluding tert-OH is 1. The summed E-state index contributed by atoms with van der Waals surface area (Å²) in [5, 5.41) is 19.3. The summed E-state index contributed by atoms with van der Waals surface area (Å²) in [6, 6.07) is 9.34. The summed E-state index contributed by atoms with van der Waals surface area (Å²) >= 11 is 0. The van der Waals surface area contributed by atoms with Gasteiger partial charge in [-0.05, 0) is 30.0 Å². The molecule has 0 saturated carbocycles. The summed E-state index contributed by atoms with van der Waals surface area (Å²) in [7, 11) is 0. The van der Waals surface area contributed by atoms with Gasteiger partial charge < -0.3 is 9.84 Å². The maximum Gasteiger partial charge on any atom is 0.331 e. The first-order chi connectivity index (χ1) is 12.7. The Morgan fingerprint density at radius 3 is 2.37 bits per heavy atom. The van der Waals surface area contributed by atoms with Crippen molar-refractivity contribution in [1.29, 1.82) is 5.26 Å². The highest BCUT2D eigenvalue weighted by molar-refractivity contribution is 5.31. The van der Waals surface area contributed by atoms with Gasteiger partial charge in [-0.15, -0.1) is 0 Å². The van der Waals surface area contributed by atoms with Gasteiger partial charge in [-0.1, -0.05) is 32.9 Å². The Labute approximate surface area is 158 Å². The zero-order valence-electron chi connectivity index (χ0n) is 16.1. The molecule has 0 fully saturated rings. The van der Waals surface area contributed by atoms with E-state index in [-0.39, 0.29) is 24.1 Å². The van der Waals surface area contributed by atoms with E-state index in [1.165, 1.54) is 10.8 Å². The number of hydrogen-bond donors (Lipinski definition) is 1. The minimum absolute atomic E-state index is 0.0319. The molecule has 1 heterocycles. The number of nitrogens with zero attached hydrogens (tertiary/aromatic N) is 3. The molecule has 0 bridgehead atoms. The Morgan fingerprint density at radius 2 is 1.85 bits per heavy atom. The first-order valence-electron chi connectivity index (χ1n) is 8.83. The Balaban J connectivity index is 2.11. The fourth-order valence-electron chi connectivity index (χ4n) is 2.62. The van der Waals surface area contributed by atoms with Crippen molar-refractivity contribution in [2.75, 3.05) is 6.61 Å². The van der Waals surface area contributed by atoms with E-state index in [1.54, 1.807) is 13.0 Å². The number of nitriles is 1. The van der Waals surface area contributed by atoms with Crippen molar-refractivity contribution in [2.24, 2.45) is 0 Å². The van der Waals surface area contributed by atoms with Gasteiger partial charge in [0.05, 0.1) is 6.54 Å². The molecule has 7 nitrogen and oxygen atoms in total. The van der Waals surface area contributed by atoms with Crippen molar-refractivity contribution in [2.45, 2.75) is 52.3 Å². The first kappa shape index (κ1) is 20.5. The average molecular weight is 371 g/mol. The number of aromatic nitrogens is 2. The third-order valence-corrected chi connectivity index (χ3v) is 4.25. The van der Waals surface area contributed by atoms with Crippen LogP contribution in [0.4, 0.5) is 0 Å². The van der Waals surface area contributed by atoms with Crippen LogP contribution < -0.4 is 16.0 Å². The highest BCUT2D eigenvalue weighted by Crippen LogP contribution is 2.24. The van der Waals surface area contributed by atoms with Crippen LogP contribution >= 0.6 is 0 Å². The number of aliphatic hydroxyl groups is 1. The van der Waals surface area contributed by atoms with Gasteiger partial charge in [-0.2, -0.15) is 5.26 Å². The van der Waals surface area contributed by atoms with Crippen molar-refractivity contribution in [3.8, 4) is 11.8 Å². The molecule has 0 radical (unpaired) electrons. The van der Waals surface area contributed by atoms with Gasteiger partial charge in [0.25, 0.3) is 5.56 Å². The van der Waals surface area contributed by atoms with Crippen LogP contribution in [-0.4, -0.2) is 27.0 Å². The molecule has 27 heavy (non-hydrogen) atoms. The summed E-state index contributed by atoms with van der Waals surface area (Å²) in [5.74, 6) is 0.589. The van der Waals surface area contributed by atoms with Crippen LogP contribution in [0.2, 0.25) is 0 Å². The monoisotopic (exact) mass is 371 g/mol. The number of benzene rings is 1. The molecule has 7 heteroatoms. The molecule has 2 aromatic rings. The van der Waals surface area contributed by atoms with Crippen molar-refractivity contribution in [1.82, 2.24) is 9.13 Å². The average Bonchev–Trinajstić information content (AvgIpc) is 2.63. The smallest absolute Gasteiger partial charge is 0.331 e. The van der Waals surface area contributed by atoms with Crippen LogP contribution in [0.15, 0.2) is 40.1 Å². The van der Waals surface area contributed by atoms with E-state index in [0.717, 1.165) is 10.1 Å². The fourth-order valence-corrected chi connectivity index (χ4v) is 2.62. The van der Waals surface area contributed by atoms with E-state index in [0.29, 0.717) is 12.3 Å². The normalized spacial score (nSPS) is 12.4. The molecule has 2 rings (SSSR count). The highest BCUT2D eigenvalue weighted by atomic mass is 16.5. The third kappa shape index (κ3) is 4.86. The number of rotatable bonds is 6. The van der Waals surface area contributed by atoms with Crippen LogP contribution in [-0.2, 0) is 18.5 Å². The fraction of sp³-hybridized carbons (Fsp3) is 0.450. The van der Waals surface area contributed by atoms with Gasteiger partial charge >= 0.3 is 5.69 Å². The molecule has 0 spiro atoms. The summed E-state index contributed by atoms with van der Waals surface area (Å²) < 4.78 is 7.70. The second-order valence-electron chi connectivity index (χ2n) is 7.38. The second kappa shape index (κ2) is 8.23. The predicted molar refractivity (Wildman–Crippen MR) is 102 cm³/mol. The van der Waals surface area contributed by atoms with Crippen LogP contribution in [0.3, 0.4) is 0 Å². The van der Waals surface area contributed by atoms with Crippen molar-refractivity contribution >= 4 is 0 Å². The molecule has 0 aliphatic rings. The molecule has 0 saturated heterocycles. The molecule has 0 aliphatic carbocycles. The summed E-state index contributed by atoms with van der Waals surface area (Å²) in [6.45, 7) is 8.07. The van der Waals surface area contributed by atoms with Crippen LogP contribution in [0, 0.1) is 11.3 Å². The largest absolute Gasteiger partial charge is 0.491 e. The minimum atomic E-state index is -1.07. The molecular weight excluding hydrogens is 346 g/mol. The molecule has 1 aromatic carbocycles. The van der Waals surface area contributed by atoms with Crippen LogP contribution in [0.25, 0.3) is 0 Å². The van der Waals surface area contributed by atoms with E-state index in [2.05, 4.69) is 20.8 Å². The lowest BCUT2D eigenvalue weighted by Gasteiger charge is -2.19. The molecule has 0 amide bonds. The van der Waals surface area contributed by atoms with Gasteiger partial charge in [-0.25, -0.2) is 4.79 Å². The van der Waals surface area contributed by atoms with Gasteiger partial charge in [-0.3, -0.25) is 13.9 Å². The lowest BCUT2D eigenvalue weighted by molar-refractivity contribution is 0.0899.